The van der Waals surface area contributed by atoms with Crippen molar-refractivity contribution in [3.8, 4) is 5.75 Å². The summed E-state index contributed by atoms with van der Waals surface area (Å²) in [6, 6.07) is 16.3. The van der Waals surface area contributed by atoms with E-state index in [1.54, 1.807) is 0 Å². The number of halogens is 1. The van der Waals surface area contributed by atoms with Gasteiger partial charge in [0.2, 0.25) is 0 Å². The highest BCUT2D eigenvalue weighted by Crippen LogP contribution is 2.18. The number of benzene rings is 2. The number of para-hydroxylation sites is 1. The molecule has 0 radical (unpaired) electrons. The Hall–Kier alpha value is -1.48. The van der Waals surface area contributed by atoms with Crippen LogP contribution in [0.5, 0.6) is 5.75 Å². The number of anilines is 1. The summed E-state index contributed by atoms with van der Waals surface area (Å²) in [4.78, 5) is 2.22. The van der Waals surface area contributed by atoms with E-state index < -0.39 is 0 Å². The minimum atomic E-state index is 0.673. The Morgan fingerprint density at radius 3 is 2.42 bits per heavy atom. The SMILES string of the molecule is Cc1ccccc1N(C)CCOc1ccc(Br)cc1. The molecule has 0 N–H and O–H groups in total. The lowest BCUT2D eigenvalue weighted by Gasteiger charge is -2.21. The van der Waals surface area contributed by atoms with Gasteiger partial charge in [-0.3, -0.25) is 0 Å². The first-order chi connectivity index (χ1) is 9.16. The predicted octanol–water partition coefficient (Wildman–Crippen LogP) is 4.27. The lowest BCUT2D eigenvalue weighted by Crippen LogP contribution is -2.24. The monoisotopic (exact) mass is 319 g/mol. The molecule has 0 saturated carbocycles. The summed E-state index contributed by atoms with van der Waals surface area (Å²) in [6.07, 6.45) is 0. The fourth-order valence-corrected chi connectivity index (χ4v) is 2.21. The number of aryl methyl sites for hydroxylation is 1. The van der Waals surface area contributed by atoms with Crippen molar-refractivity contribution in [2.75, 3.05) is 25.1 Å². The molecule has 0 saturated heterocycles. The molecule has 0 aliphatic carbocycles. The summed E-state index contributed by atoms with van der Waals surface area (Å²) in [6.45, 7) is 3.66. The molecule has 0 atom stereocenters. The summed E-state index contributed by atoms with van der Waals surface area (Å²) in [5, 5.41) is 0. The number of nitrogens with zero attached hydrogens (tertiary/aromatic N) is 1. The van der Waals surface area contributed by atoms with Crippen molar-refractivity contribution in [2.24, 2.45) is 0 Å². The van der Waals surface area contributed by atoms with Gasteiger partial charge in [-0.25, -0.2) is 0 Å². The molecule has 0 heterocycles. The van der Waals surface area contributed by atoms with Gasteiger partial charge in [0.15, 0.2) is 0 Å². The lowest BCUT2D eigenvalue weighted by atomic mass is 10.2. The van der Waals surface area contributed by atoms with Crippen LogP contribution in [0.1, 0.15) is 5.56 Å². The minimum Gasteiger partial charge on any atom is -0.492 e. The van der Waals surface area contributed by atoms with Crippen LogP contribution < -0.4 is 9.64 Å². The van der Waals surface area contributed by atoms with Crippen LogP contribution in [0.3, 0.4) is 0 Å². The molecule has 0 unspecified atom stereocenters. The molecular weight excluding hydrogens is 302 g/mol. The van der Waals surface area contributed by atoms with Gasteiger partial charge >= 0.3 is 0 Å². The maximum atomic E-state index is 5.73. The van der Waals surface area contributed by atoms with E-state index in [-0.39, 0.29) is 0 Å². The van der Waals surface area contributed by atoms with Gasteiger partial charge in [0, 0.05) is 17.2 Å². The lowest BCUT2D eigenvalue weighted by molar-refractivity contribution is 0.326. The van der Waals surface area contributed by atoms with E-state index in [1.165, 1.54) is 11.3 Å². The molecule has 100 valence electrons. The van der Waals surface area contributed by atoms with Crippen molar-refractivity contribution >= 4 is 21.6 Å². The highest BCUT2D eigenvalue weighted by Gasteiger charge is 2.03. The van der Waals surface area contributed by atoms with Gasteiger partial charge in [0.1, 0.15) is 12.4 Å². The second-order valence-electron chi connectivity index (χ2n) is 4.51. The third-order valence-corrected chi connectivity index (χ3v) is 3.56. The van der Waals surface area contributed by atoms with Crippen molar-refractivity contribution in [2.45, 2.75) is 6.92 Å². The van der Waals surface area contributed by atoms with Crippen molar-refractivity contribution in [3.05, 3.63) is 58.6 Å². The zero-order chi connectivity index (χ0) is 13.7. The number of ether oxygens (including phenoxy) is 1. The maximum Gasteiger partial charge on any atom is 0.119 e. The fraction of sp³-hybridized carbons (Fsp3) is 0.250. The normalized spacial score (nSPS) is 10.3. The van der Waals surface area contributed by atoms with E-state index in [2.05, 4.69) is 59.1 Å². The van der Waals surface area contributed by atoms with Gasteiger partial charge in [-0.1, -0.05) is 34.1 Å². The van der Waals surface area contributed by atoms with Crippen molar-refractivity contribution in [3.63, 3.8) is 0 Å². The van der Waals surface area contributed by atoms with Crippen LogP contribution >= 0.6 is 15.9 Å². The van der Waals surface area contributed by atoms with Crippen molar-refractivity contribution in [1.82, 2.24) is 0 Å². The zero-order valence-electron chi connectivity index (χ0n) is 11.3. The molecule has 2 rings (SSSR count). The van der Waals surface area contributed by atoms with Crippen LogP contribution in [0.4, 0.5) is 5.69 Å². The average molecular weight is 320 g/mol. The molecule has 0 fully saturated rings. The zero-order valence-corrected chi connectivity index (χ0v) is 12.9. The van der Waals surface area contributed by atoms with Gasteiger partial charge < -0.3 is 9.64 Å². The second-order valence-corrected chi connectivity index (χ2v) is 5.43. The van der Waals surface area contributed by atoms with E-state index in [1.807, 2.05) is 24.3 Å². The van der Waals surface area contributed by atoms with Crippen LogP contribution in [0.25, 0.3) is 0 Å². The summed E-state index contributed by atoms with van der Waals surface area (Å²) in [5.74, 6) is 0.904. The molecule has 2 nitrogen and oxygen atoms in total. The third-order valence-electron chi connectivity index (χ3n) is 3.04. The largest absolute Gasteiger partial charge is 0.492 e. The first kappa shape index (κ1) is 13.9. The van der Waals surface area contributed by atoms with Crippen molar-refractivity contribution in [1.29, 1.82) is 0 Å². The molecule has 2 aromatic rings. The summed E-state index contributed by atoms with van der Waals surface area (Å²) < 4.78 is 6.80. The summed E-state index contributed by atoms with van der Waals surface area (Å²) in [7, 11) is 2.09. The number of rotatable bonds is 5. The number of hydrogen-bond donors (Lipinski definition) is 0. The van der Waals surface area contributed by atoms with Crippen molar-refractivity contribution < 1.29 is 4.74 Å². The van der Waals surface area contributed by atoms with Crippen LogP contribution in [-0.4, -0.2) is 20.2 Å². The Bertz CT molecular complexity index is 525. The van der Waals surface area contributed by atoms with Crippen LogP contribution in [0.2, 0.25) is 0 Å². The molecule has 0 amide bonds. The van der Waals surface area contributed by atoms with Crippen LogP contribution in [-0.2, 0) is 0 Å². The quantitative estimate of drug-likeness (QED) is 0.816. The fourth-order valence-electron chi connectivity index (χ4n) is 1.94. The van der Waals surface area contributed by atoms with Gasteiger partial charge in [-0.15, -0.1) is 0 Å². The molecule has 0 aliphatic heterocycles. The molecule has 3 heteroatoms. The van der Waals surface area contributed by atoms with E-state index in [9.17, 15) is 0 Å². The maximum absolute atomic E-state index is 5.73. The number of hydrogen-bond acceptors (Lipinski definition) is 2. The Morgan fingerprint density at radius 2 is 1.74 bits per heavy atom. The molecule has 2 aromatic carbocycles. The van der Waals surface area contributed by atoms with E-state index in [0.717, 1.165) is 16.8 Å². The minimum absolute atomic E-state index is 0.673. The molecule has 0 aromatic heterocycles. The molecule has 0 spiro atoms. The van der Waals surface area contributed by atoms with E-state index >= 15 is 0 Å². The Kier molecular flexibility index (Phi) is 4.86. The molecule has 19 heavy (non-hydrogen) atoms. The molecular formula is C16H18BrNO. The van der Waals surface area contributed by atoms with Gasteiger partial charge in [-0.05, 0) is 42.8 Å². The number of likely N-dealkylation sites (N-methyl/N-ethyl adjacent to an activating group) is 1. The topological polar surface area (TPSA) is 12.5 Å². The van der Waals surface area contributed by atoms with E-state index in [4.69, 9.17) is 4.74 Å². The first-order valence-electron chi connectivity index (χ1n) is 6.32. The standard InChI is InChI=1S/C16H18BrNO/c1-13-5-3-4-6-16(13)18(2)11-12-19-15-9-7-14(17)8-10-15/h3-10H,11-12H2,1-2H3. The summed E-state index contributed by atoms with van der Waals surface area (Å²) in [5.41, 5.74) is 2.54. The molecule has 0 bridgehead atoms. The van der Waals surface area contributed by atoms with Crippen LogP contribution in [0.15, 0.2) is 53.0 Å². The Balaban J connectivity index is 1.86. The predicted molar refractivity (Wildman–Crippen MR) is 84.1 cm³/mol. The smallest absolute Gasteiger partial charge is 0.119 e. The second kappa shape index (κ2) is 6.62. The average Bonchev–Trinajstić information content (AvgIpc) is 2.41. The highest BCUT2D eigenvalue weighted by molar-refractivity contribution is 9.10. The Labute approximate surface area is 123 Å². The van der Waals surface area contributed by atoms with Crippen LogP contribution in [0, 0.1) is 6.92 Å². The van der Waals surface area contributed by atoms with Gasteiger partial charge in [0.05, 0.1) is 6.54 Å². The first-order valence-corrected chi connectivity index (χ1v) is 7.11. The Morgan fingerprint density at radius 1 is 1.05 bits per heavy atom. The molecule has 0 aliphatic rings. The van der Waals surface area contributed by atoms with Gasteiger partial charge in [-0.2, -0.15) is 0 Å². The summed E-state index contributed by atoms with van der Waals surface area (Å²) >= 11 is 3.41. The third kappa shape index (κ3) is 4.00. The van der Waals surface area contributed by atoms with E-state index in [0.29, 0.717) is 6.61 Å². The van der Waals surface area contributed by atoms with Gasteiger partial charge in [0.25, 0.3) is 0 Å². The highest BCUT2D eigenvalue weighted by atomic mass is 79.9.